The summed E-state index contributed by atoms with van der Waals surface area (Å²) in [5.74, 6) is -1.27. The number of carbonyl (C=O) groups excluding carboxylic acids is 4. The maximum atomic E-state index is 12.9. The summed E-state index contributed by atoms with van der Waals surface area (Å²) < 4.78 is 15.0. The minimum atomic E-state index is -0.889. The molecule has 0 unspecified atom stereocenters. The number of carbonyl (C=O) groups is 4. The number of methoxy groups -OCH3 is 3. The molecule has 1 fully saturated rings. The second-order valence-electron chi connectivity index (χ2n) is 6.11. The highest BCUT2D eigenvalue weighted by Gasteiger charge is 2.36. The molecule has 9 heteroatoms. The van der Waals surface area contributed by atoms with Crippen LogP contribution in [0, 0.1) is 0 Å². The Kier molecular flexibility index (Phi) is 5.82. The fraction of sp³-hybridized carbons (Fsp3) is 0.143. The van der Waals surface area contributed by atoms with E-state index in [9.17, 15) is 19.2 Å². The van der Waals surface area contributed by atoms with Gasteiger partial charge in [0.2, 0.25) is 0 Å². The summed E-state index contributed by atoms with van der Waals surface area (Å²) in [6, 6.07) is 9.62. The van der Waals surface area contributed by atoms with E-state index in [1.807, 2.05) is 0 Å². The van der Waals surface area contributed by atoms with E-state index in [1.165, 1.54) is 51.7 Å². The second kappa shape index (κ2) is 8.48. The lowest BCUT2D eigenvalue weighted by molar-refractivity contribution is -0.122. The maximum absolute atomic E-state index is 12.9. The third-order valence-electron chi connectivity index (χ3n) is 4.37. The molecule has 2 aromatic rings. The van der Waals surface area contributed by atoms with Crippen LogP contribution in [0.1, 0.15) is 15.9 Å². The first-order valence-corrected chi connectivity index (χ1v) is 8.71. The highest BCUT2D eigenvalue weighted by atomic mass is 16.5. The molecule has 154 valence electrons. The Hall–Kier alpha value is -4.14. The van der Waals surface area contributed by atoms with Gasteiger partial charge in [0.05, 0.1) is 32.6 Å². The number of rotatable bonds is 5. The first kappa shape index (κ1) is 20.6. The van der Waals surface area contributed by atoms with Gasteiger partial charge in [0, 0.05) is 0 Å². The number of urea groups is 1. The van der Waals surface area contributed by atoms with Gasteiger partial charge in [-0.05, 0) is 48.0 Å². The molecule has 0 saturated carbocycles. The smallest absolute Gasteiger partial charge is 0.337 e. The Labute approximate surface area is 171 Å². The van der Waals surface area contributed by atoms with Gasteiger partial charge in [-0.3, -0.25) is 14.9 Å². The Morgan fingerprint density at radius 1 is 0.933 bits per heavy atom. The number of ether oxygens (including phenoxy) is 3. The van der Waals surface area contributed by atoms with Crippen LogP contribution in [0.2, 0.25) is 0 Å². The molecule has 0 spiro atoms. The Bertz CT molecular complexity index is 1060. The van der Waals surface area contributed by atoms with Crippen molar-refractivity contribution in [3.05, 3.63) is 59.2 Å². The number of hydrogen-bond donors (Lipinski definition) is 1. The molecule has 0 atom stereocenters. The van der Waals surface area contributed by atoms with Crippen LogP contribution >= 0.6 is 0 Å². The van der Waals surface area contributed by atoms with Crippen molar-refractivity contribution in [2.75, 3.05) is 26.2 Å². The lowest BCUT2D eigenvalue weighted by atomic mass is 10.1. The molecule has 0 aliphatic carbocycles. The van der Waals surface area contributed by atoms with Gasteiger partial charge in [0.25, 0.3) is 11.8 Å². The molecule has 1 saturated heterocycles. The van der Waals surface area contributed by atoms with Crippen molar-refractivity contribution in [3.8, 4) is 11.5 Å². The quantitative estimate of drug-likeness (QED) is 0.457. The van der Waals surface area contributed by atoms with Crippen LogP contribution in [0.25, 0.3) is 6.08 Å². The van der Waals surface area contributed by atoms with Gasteiger partial charge < -0.3 is 14.2 Å². The number of benzene rings is 2. The van der Waals surface area contributed by atoms with E-state index in [0.29, 0.717) is 17.1 Å². The van der Waals surface area contributed by atoms with E-state index in [0.717, 1.165) is 4.90 Å². The average molecular weight is 410 g/mol. The van der Waals surface area contributed by atoms with Crippen LogP contribution in [0.15, 0.2) is 48.0 Å². The molecule has 4 amide bonds. The standard InChI is InChI=1S/C21H18N2O7/c1-28-16-9-4-12(11-17(16)29-2)10-15-18(24)22-21(27)23(19(15)25)14-7-5-13(6-8-14)20(26)30-3/h4-11H,1-3H3,(H,22,24,27)/b15-10+. The zero-order valence-electron chi connectivity index (χ0n) is 16.4. The Morgan fingerprint density at radius 3 is 2.20 bits per heavy atom. The number of barbiturate groups is 1. The highest BCUT2D eigenvalue weighted by molar-refractivity contribution is 6.39. The van der Waals surface area contributed by atoms with E-state index in [4.69, 9.17) is 9.47 Å². The SMILES string of the molecule is COC(=O)c1ccc(N2C(=O)NC(=O)/C(=C\c3ccc(OC)c(OC)c3)C2=O)cc1. The zero-order chi connectivity index (χ0) is 21.8. The third kappa shape index (κ3) is 3.86. The highest BCUT2D eigenvalue weighted by Crippen LogP contribution is 2.29. The van der Waals surface area contributed by atoms with Gasteiger partial charge in [-0.15, -0.1) is 0 Å². The largest absolute Gasteiger partial charge is 0.493 e. The number of esters is 1. The Balaban J connectivity index is 1.96. The number of nitrogens with zero attached hydrogens (tertiary/aromatic N) is 1. The third-order valence-corrected chi connectivity index (χ3v) is 4.37. The van der Waals surface area contributed by atoms with Crippen LogP contribution in [0.3, 0.4) is 0 Å². The molecular formula is C21H18N2O7. The van der Waals surface area contributed by atoms with Gasteiger partial charge in [-0.1, -0.05) is 6.07 Å². The van der Waals surface area contributed by atoms with Gasteiger partial charge >= 0.3 is 12.0 Å². The van der Waals surface area contributed by atoms with Crippen molar-refractivity contribution in [2.45, 2.75) is 0 Å². The molecule has 2 aromatic carbocycles. The number of imide groups is 2. The van der Waals surface area contributed by atoms with E-state index < -0.39 is 23.8 Å². The van der Waals surface area contributed by atoms with Crippen molar-refractivity contribution < 1.29 is 33.4 Å². The van der Waals surface area contributed by atoms with E-state index >= 15 is 0 Å². The van der Waals surface area contributed by atoms with E-state index in [1.54, 1.807) is 18.2 Å². The molecule has 0 bridgehead atoms. The molecule has 0 radical (unpaired) electrons. The lowest BCUT2D eigenvalue weighted by Crippen LogP contribution is -2.54. The van der Waals surface area contributed by atoms with Crippen LogP contribution in [-0.4, -0.2) is 45.1 Å². The summed E-state index contributed by atoms with van der Waals surface area (Å²) in [5, 5.41) is 2.14. The summed E-state index contributed by atoms with van der Waals surface area (Å²) in [6.45, 7) is 0. The number of nitrogens with one attached hydrogen (secondary N) is 1. The van der Waals surface area contributed by atoms with Gasteiger partial charge in [-0.25, -0.2) is 14.5 Å². The van der Waals surface area contributed by atoms with Crippen molar-refractivity contribution in [1.82, 2.24) is 5.32 Å². The van der Waals surface area contributed by atoms with Crippen LogP contribution in [-0.2, 0) is 14.3 Å². The van der Waals surface area contributed by atoms with Gasteiger partial charge in [0.15, 0.2) is 11.5 Å². The molecular weight excluding hydrogens is 392 g/mol. The summed E-state index contributed by atoms with van der Waals surface area (Å²) in [7, 11) is 4.20. The Morgan fingerprint density at radius 2 is 1.60 bits per heavy atom. The lowest BCUT2D eigenvalue weighted by Gasteiger charge is -2.26. The normalized spacial score (nSPS) is 15.1. The van der Waals surface area contributed by atoms with Crippen LogP contribution in [0.5, 0.6) is 11.5 Å². The number of anilines is 1. The molecule has 1 aliphatic heterocycles. The summed E-state index contributed by atoms with van der Waals surface area (Å²) in [4.78, 5) is 49.9. The maximum Gasteiger partial charge on any atom is 0.337 e. The minimum Gasteiger partial charge on any atom is -0.493 e. The molecule has 3 rings (SSSR count). The van der Waals surface area contributed by atoms with E-state index in [2.05, 4.69) is 10.1 Å². The predicted molar refractivity (Wildman–Crippen MR) is 106 cm³/mol. The van der Waals surface area contributed by atoms with Gasteiger partial charge in [0.1, 0.15) is 5.57 Å². The molecule has 1 N–H and O–H groups in total. The second-order valence-corrected chi connectivity index (χ2v) is 6.11. The molecule has 1 aliphatic rings. The van der Waals surface area contributed by atoms with E-state index in [-0.39, 0.29) is 16.8 Å². The van der Waals surface area contributed by atoms with Crippen LogP contribution in [0.4, 0.5) is 10.5 Å². The molecule has 1 heterocycles. The fourth-order valence-electron chi connectivity index (χ4n) is 2.87. The average Bonchev–Trinajstić information content (AvgIpc) is 2.76. The molecule has 9 nitrogen and oxygen atoms in total. The topological polar surface area (TPSA) is 111 Å². The van der Waals surface area contributed by atoms with Crippen LogP contribution < -0.4 is 19.7 Å². The molecule has 0 aromatic heterocycles. The molecule has 30 heavy (non-hydrogen) atoms. The first-order chi connectivity index (χ1) is 14.4. The predicted octanol–water partition coefficient (Wildman–Crippen LogP) is 2.16. The van der Waals surface area contributed by atoms with Crippen molar-refractivity contribution >= 4 is 35.6 Å². The summed E-state index contributed by atoms with van der Waals surface area (Å²) in [5.41, 5.74) is 0.708. The first-order valence-electron chi connectivity index (χ1n) is 8.71. The van der Waals surface area contributed by atoms with Gasteiger partial charge in [-0.2, -0.15) is 0 Å². The van der Waals surface area contributed by atoms with Crippen molar-refractivity contribution in [2.24, 2.45) is 0 Å². The van der Waals surface area contributed by atoms with Crippen molar-refractivity contribution in [3.63, 3.8) is 0 Å². The summed E-state index contributed by atoms with van der Waals surface area (Å²) >= 11 is 0. The number of amides is 4. The minimum absolute atomic E-state index is 0.191. The van der Waals surface area contributed by atoms with Crippen molar-refractivity contribution in [1.29, 1.82) is 0 Å². The summed E-state index contributed by atoms with van der Waals surface area (Å²) in [6.07, 6.45) is 1.35. The fourth-order valence-corrected chi connectivity index (χ4v) is 2.87. The number of hydrogen-bond acceptors (Lipinski definition) is 7. The zero-order valence-corrected chi connectivity index (χ0v) is 16.4. The monoisotopic (exact) mass is 410 g/mol.